The fourth-order valence-electron chi connectivity index (χ4n) is 4.50. The molecule has 0 heterocycles. The van der Waals surface area contributed by atoms with Crippen molar-refractivity contribution in [3.8, 4) is 0 Å². The molecule has 288 valence electrons. The molecule has 0 saturated heterocycles. The van der Waals surface area contributed by atoms with Gasteiger partial charge >= 0.3 is 23.9 Å². The van der Waals surface area contributed by atoms with Gasteiger partial charge in [-0.1, -0.05) is 34.6 Å². The zero-order valence-electron chi connectivity index (χ0n) is 29.5. The van der Waals surface area contributed by atoms with Crippen molar-refractivity contribution in [1.82, 2.24) is 26.6 Å². The number of Topliss-reactive ketones (excluding diaryl/α,β-unsaturated/α-hetero) is 1. The predicted molar refractivity (Wildman–Crippen MR) is 177 cm³/mol. The standard InChI is InChI=1S/C32H51N5O14/c1-17(2)33-19(28(44)45)9-13-25(41)36-21(30(48)49)10-14-24(40)34-18(7-6-16-38)27(43)37-22(31(50)51)11-15-26(42)35-20(29(46)47)8-12-23(39)32(3,4)5/h16-22,33H,6-15H2,1-5H3,(H,34,40)(H,35,42)(H,36,41)(H,37,43)(H,44,45)(H,46,47)(H,48,49)(H,50,51)/t18-,19-,20-,21-,22-/m1/s1. The van der Waals surface area contributed by atoms with Gasteiger partial charge in [0.2, 0.25) is 23.6 Å². The van der Waals surface area contributed by atoms with E-state index < -0.39 is 109 Å². The number of carboxylic acid groups (broad SMARTS) is 4. The highest BCUT2D eigenvalue weighted by atomic mass is 16.4. The molecule has 0 aliphatic carbocycles. The molecule has 0 bridgehead atoms. The second-order valence-corrected chi connectivity index (χ2v) is 13.2. The fraction of sp³-hybridized carbons (Fsp3) is 0.688. The summed E-state index contributed by atoms with van der Waals surface area (Å²) in [5, 5.41) is 49.5. The van der Waals surface area contributed by atoms with Crippen LogP contribution in [0.3, 0.4) is 0 Å². The van der Waals surface area contributed by atoms with Gasteiger partial charge in [0.25, 0.3) is 0 Å². The van der Waals surface area contributed by atoms with Crippen LogP contribution < -0.4 is 26.6 Å². The molecule has 19 nitrogen and oxygen atoms in total. The monoisotopic (exact) mass is 729 g/mol. The van der Waals surface area contributed by atoms with Crippen molar-refractivity contribution in [3.05, 3.63) is 0 Å². The SMILES string of the molecule is CC(C)N[C@H](CCC(=O)N[C@H](CCC(=O)N[C@H](CCC=O)C(=O)N[C@H](CCC(=O)N[C@H](CCC(=O)C(C)(C)C)C(=O)O)C(=O)O)C(=O)O)C(=O)O. The molecule has 0 saturated carbocycles. The first-order chi connectivity index (χ1) is 23.6. The van der Waals surface area contributed by atoms with E-state index in [1.807, 2.05) is 0 Å². The van der Waals surface area contributed by atoms with Crippen molar-refractivity contribution in [3.63, 3.8) is 0 Å². The first-order valence-electron chi connectivity index (χ1n) is 16.4. The molecule has 9 N–H and O–H groups in total. The van der Waals surface area contributed by atoms with Crippen molar-refractivity contribution in [2.45, 2.75) is 135 Å². The van der Waals surface area contributed by atoms with Gasteiger partial charge in [-0.3, -0.25) is 28.8 Å². The number of hydrogen-bond donors (Lipinski definition) is 9. The number of amides is 4. The quantitative estimate of drug-likeness (QED) is 0.0500. The van der Waals surface area contributed by atoms with Gasteiger partial charge in [-0.05, 0) is 32.1 Å². The van der Waals surface area contributed by atoms with Gasteiger partial charge in [-0.2, -0.15) is 0 Å². The summed E-state index contributed by atoms with van der Waals surface area (Å²) in [5.41, 5.74) is -0.719. The molecule has 0 rings (SSSR count). The van der Waals surface area contributed by atoms with Crippen LogP contribution >= 0.6 is 0 Å². The average Bonchev–Trinajstić information content (AvgIpc) is 3.01. The minimum Gasteiger partial charge on any atom is -0.480 e. The second kappa shape index (κ2) is 22.7. The summed E-state index contributed by atoms with van der Waals surface area (Å²) in [4.78, 5) is 120. The maximum Gasteiger partial charge on any atom is 0.326 e. The Morgan fingerprint density at radius 3 is 1.24 bits per heavy atom. The Morgan fingerprint density at radius 1 is 0.529 bits per heavy atom. The Bertz CT molecular complexity index is 1280. The lowest BCUT2D eigenvalue weighted by molar-refractivity contribution is -0.144. The van der Waals surface area contributed by atoms with E-state index in [2.05, 4.69) is 26.6 Å². The zero-order valence-corrected chi connectivity index (χ0v) is 29.5. The maximum atomic E-state index is 13.0. The van der Waals surface area contributed by atoms with Crippen molar-refractivity contribution in [2.75, 3.05) is 0 Å². The Morgan fingerprint density at radius 2 is 0.882 bits per heavy atom. The fourth-order valence-corrected chi connectivity index (χ4v) is 4.50. The molecular formula is C32H51N5O14. The van der Waals surface area contributed by atoms with Crippen molar-refractivity contribution < 1.29 is 68.4 Å². The number of ketones is 1. The molecule has 0 aliphatic heterocycles. The molecule has 0 fully saturated rings. The third kappa shape index (κ3) is 19.7. The van der Waals surface area contributed by atoms with Gasteiger partial charge in [-0.25, -0.2) is 14.4 Å². The van der Waals surface area contributed by atoms with E-state index in [1.54, 1.807) is 34.6 Å². The molecule has 0 aromatic heterocycles. The summed E-state index contributed by atoms with van der Waals surface area (Å²) in [7, 11) is 0. The molecule has 51 heavy (non-hydrogen) atoms. The number of hydrogen-bond acceptors (Lipinski definition) is 11. The van der Waals surface area contributed by atoms with Crippen LogP contribution in [0.4, 0.5) is 0 Å². The van der Waals surface area contributed by atoms with E-state index in [0.717, 1.165) is 0 Å². The van der Waals surface area contributed by atoms with E-state index in [4.69, 9.17) is 0 Å². The van der Waals surface area contributed by atoms with Crippen LogP contribution in [-0.4, -0.2) is 116 Å². The smallest absolute Gasteiger partial charge is 0.326 e. The van der Waals surface area contributed by atoms with Crippen molar-refractivity contribution >= 4 is 59.6 Å². The third-order valence-corrected chi connectivity index (χ3v) is 7.42. The normalized spacial score (nSPS) is 14.2. The number of rotatable bonds is 26. The van der Waals surface area contributed by atoms with Crippen LogP contribution in [0, 0.1) is 5.41 Å². The molecule has 0 unspecified atom stereocenters. The number of aldehydes is 1. The minimum absolute atomic E-state index is 0.125. The first-order valence-corrected chi connectivity index (χ1v) is 16.4. The highest BCUT2D eigenvalue weighted by Crippen LogP contribution is 2.18. The van der Waals surface area contributed by atoms with Crippen LogP contribution in [0.25, 0.3) is 0 Å². The molecule has 0 aliphatic rings. The highest BCUT2D eigenvalue weighted by Gasteiger charge is 2.30. The van der Waals surface area contributed by atoms with Gasteiger partial charge in [0, 0.05) is 43.6 Å². The summed E-state index contributed by atoms with van der Waals surface area (Å²) in [5.74, 6) is -9.39. The van der Waals surface area contributed by atoms with Crippen molar-refractivity contribution in [2.24, 2.45) is 5.41 Å². The molecule has 0 aromatic rings. The lowest BCUT2D eigenvalue weighted by atomic mass is 9.87. The molecule has 19 heteroatoms. The summed E-state index contributed by atoms with van der Waals surface area (Å²) in [6, 6.07) is -7.34. The Balaban J connectivity index is 5.30. The average molecular weight is 730 g/mol. The van der Waals surface area contributed by atoms with Crippen LogP contribution in [0.2, 0.25) is 0 Å². The van der Waals surface area contributed by atoms with E-state index >= 15 is 0 Å². The second-order valence-electron chi connectivity index (χ2n) is 13.2. The largest absolute Gasteiger partial charge is 0.480 e. The topological polar surface area (TPSA) is 312 Å². The van der Waals surface area contributed by atoms with Gasteiger partial charge in [0.15, 0.2) is 0 Å². The van der Waals surface area contributed by atoms with E-state index in [9.17, 15) is 68.4 Å². The number of carbonyl (C=O) groups excluding carboxylic acids is 6. The number of carboxylic acids is 4. The molecule has 0 spiro atoms. The van der Waals surface area contributed by atoms with Crippen LogP contribution in [-0.2, 0) is 47.9 Å². The summed E-state index contributed by atoms with van der Waals surface area (Å²) in [6.45, 7) is 8.40. The number of carbonyl (C=O) groups is 10. The van der Waals surface area contributed by atoms with Gasteiger partial charge in [0.1, 0.15) is 42.3 Å². The Kier molecular flexibility index (Phi) is 20.5. The molecule has 0 aromatic carbocycles. The van der Waals surface area contributed by atoms with Crippen LogP contribution in [0.15, 0.2) is 0 Å². The summed E-state index contributed by atoms with van der Waals surface area (Å²) >= 11 is 0. The lowest BCUT2D eigenvalue weighted by Gasteiger charge is -2.22. The summed E-state index contributed by atoms with van der Waals surface area (Å²) < 4.78 is 0. The highest BCUT2D eigenvalue weighted by molar-refractivity contribution is 5.91. The zero-order chi connectivity index (χ0) is 39.5. The third-order valence-electron chi connectivity index (χ3n) is 7.42. The Labute approximate surface area is 295 Å². The van der Waals surface area contributed by atoms with Crippen LogP contribution in [0.1, 0.15) is 98.8 Å². The summed E-state index contributed by atoms with van der Waals surface area (Å²) in [6.07, 6.45) is -2.82. The van der Waals surface area contributed by atoms with Crippen molar-refractivity contribution in [1.29, 1.82) is 0 Å². The lowest BCUT2D eigenvalue weighted by Crippen LogP contribution is -2.52. The van der Waals surface area contributed by atoms with Gasteiger partial charge in [-0.15, -0.1) is 0 Å². The molecule has 0 radical (unpaired) electrons. The molecule has 4 amide bonds. The Hall–Kier alpha value is -4.94. The van der Waals surface area contributed by atoms with E-state index in [0.29, 0.717) is 6.29 Å². The van der Waals surface area contributed by atoms with Gasteiger partial charge < -0.3 is 51.8 Å². The minimum atomic E-state index is -1.67. The van der Waals surface area contributed by atoms with E-state index in [-0.39, 0.29) is 50.4 Å². The molecular weight excluding hydrogens is 678 g/mol. The molecule has 5 atom stereocenters. The first kappa shape index (κ1) is 46.1. The van der Waals surface area contributed by atoms with Gasteiger partial charge in [0.05, 0.1) is 0 Å². The maximum absolute atomic E-state index is 13.0. The number of nitrogens with one attached hydrogen (secondary N) is 5. The van der Waals surface area contributed by atoms with Crippen LogP contribution in [0.5, 0.6) is 0 Å². The van der Waals surface area contributed by atoms with E-state index in [1.165, 1.54) is 0 Å². The predicted octanol–water partition coefficient (Wildman–Crippen LogP) is -0.654. The number of aliphatic carboxylic acids is 4.